The van der Waals surface area contributed by atoms with E-state index in [0.717, 1.165) is 5.32 Å². The highest BCUT2D eigenvalue weighted by Gasteiger charge is 2.31. The Kier molecular flexibility index (Phi) is 3.05. The topological polar surface area (TPSA) is 46.9 Å². The van der Waals surface area contributed by atoms with Crippen LogP contribution in [0.15, 0.2) is 42.7 Å². The Hall–Kier alpha value is -2.31. The van der Waals surface area contributed by atoms with E-state index in [1.54, 1.807) is 18.3 Å². The van der Waals surface area contributed by atoms with E-state index >= 15 is 0 Å². The molecular formula is C11H8F3N3O. The fourth-order valence-electron chi connectivity index (χ4n) is 1.47. The van der Waals surface area contributed by atoms with Crippen LogP contribution in [0.4, 0.5) is 13.2 Å². The first-order valence-electron chi connectivity index (χ1n) is 4.96. The van der Waals surface area contributed by atoms with Gasteiger partial charge in [0.25, 0.3) is 5.91 Å². The summed E-state index contributed by atoms with van der Waals surface area (Å²) >= 11 is 0. The Balaban J connectivity index is 2.37. The third kappa shape index (κ3) is 2.68. The summed E-state index contributed by atoms with van der Waals surface area (Å²) in [6.07, 6.45) is -1.74. The van der Waals surface area contributed by atoms with Crippen LogP contribution in [0.3, 0.4) is 0 Å². The lowest BCUT2D eigenvalue weighted by molar-refractivity contribution is -0.146. The van der Waals surface area contributed by atoms with Crippen LogP contribution >= 0.6 is 0 Å². The van der Waals surface area contributed by atoms with Crippen molar-refractivity contribution in [3.63, 3.8) is 0 Å². The summed E-state index contributed by atoms with van der Waals surface area (Å²) in [5.41, 5.74) is 0.183. The third-order valence-corrected chi connectivity index (χ3v) is 2.16. The van der Waals surface area contributed by atoms with Gasteiger partial charge in [-0.2, -0.15) is 18.3 Å². The van der Waals surface area contributed by atoms with Gasteiger partial charge in [-0.15, -0.1) is 0 Å². The average Bonchev–Trinajstić information content (AvgIpc) is 2.80. The van der Waals surface area contributed by atoms with Crippen molar-refractivity contribution in [2.45, 2.75) is 6.30 Å². The molecule has 2 rings (SSSR count). The molecule has 1 amide bonds. The monoisotopic (exact) mass is 255 g/mol. The molecule has 0 aliphatic carbocycles. The van der Waals surface area contributed by atoms with E-state index in [1.807, 2.05) is 0 Å². The molecule has 0 spiro atoms. The Morgan fingerprint density at radius 1 is 1.22 bits per heavy atom. The predicted octanol–water partition coefficient (Wildman–Crippen LogP) is 2.12. The van der Waals surface area contributed by atoms with Crippen LogP contribution in [0.2, 0.25) is 0 Å². The number of alkyl halides is 3. The molecule has 0 unspecified atom stereocenters. The minimum Gasteiger partial charge on any atom is -0.269 e. The van der Waals surface area contributed by atoms with Gasteiger partial charge < -0.3 is 0 Å². The number of benzene rings is 1. The van der Waals surface area contributed by atoms with Crippen LogP contribution in [-0.2, 0) is 0 Å². The molecule has 4 nitrogen and oxygen atoms in total. The summed E-state index contributed by atoms with van der Waals surface area (Å²) in [6.45, 7) is 0. The summed E-state index contributed by atoms with van der Waals surface area (Å²) in [5.74, 6) is -1.21. The van der Waals surface area contributed by atoms with Crippen LogP contribution in [0.5, 0.6) is 0 Å². The molecule has 0 fully saturated rings. The van der Waals surface area contributed by atoms with Crippen LogP contribution < -0.4 is 5.32 Å². The fraction of sp³-hybridized carbons (Fsp3) is 0.0909. The van der Waals surface area contributed by atoms with Crippen molar-refractivity contribution >= 4 is 5.91 Å². The number of hydrogen-bond donors (Lipinski definition) is 1. The maximum absolute atomic E-state index is 12.1. The molecule has 18 heavy (non-hydrogen) atoms. The van der Waals surface area contributed by atoms with Gasteiger partial charge in [-0.3, -0.25) is 10.1 Å². The van der Waals surface area contributed by atoms with Gasteiger partial charge >= 0.3 is 6.30 Å². The van der Waals surface area contributed by atoms with Crippen molar-refractivity contribution in [2.75, 3.05) is 0 Å². The second-order valence-electron chi connectivity index (χ2n) is 3.42. The standard InChI is InChI=1S/C11H8F3N3O/c12-11(13,14)16-10(18)8-4-1-2-5-9(8)17-7-3-6-15-17/h1-7H,(H,16,18). The molecule has 0 saturated heterocycles. The molecule has 94 valence electrons. The van der Waals surface area contributed by atoms with Gasteiger partial charge in [0, 0.05) is 12.4 Å². The van der Waals surface area contributed by atoms with Crippen molar-refractivity contribution < 1.29 is 18.0 Å². The normalized spacial score (nSPS) is 11.3. The van der Waals surface area contributed by atoms with E-state index in [0.29, 0.717) is 0 Å². The smallest absolute Gasteiger partial charge is 0.269 e. The highest BCUT2D eigenvalue weighted by molar-refractivity contribution is 5.97. The number of amides is 1. The predicted molar refractivity (Wildman–Crippen MR) is 57.1 cm³/mol. The highest BCUT2D eigenvalue weighted by atomic mass is 19.4. The minimum absolute atomic E-state index is 0.0986. The van der Waals surface area contributed by atoms with Crippen molar-refractivity contribution in [1.82, 2.24) is 15.1 Å². The maximum atomic E-state index is 12.1. The lowest BCUT2D eigenvalue weighted by Crippen LogP contribution is -2.37. The molecular weight excluding hydrogens is 247 g/mol. The summed E-state index contributed by atoms with van der Waals surface area (Å²) in [5, 5.41) is 4.84. The molecule has 2 aromatic rings. The van der Waals surface area contributed by atoms with Crippen LogP contribution in [-0.4, -0.2) is 22.0 Å². The summed E-state index contributed by atoms with van der Waals surface area (Å²) in [6, 6.07) is 7.52. The summed E-state index contributed by atoms with van der Waals surface area (Å²) in [4.78, 5) is 11.5. The van der Waals surface area contributed by atoms with E-state index < -0.39 is 12.2 Å². The number of carbonyl (C=O) groups excluding carboxylic acids is 1. The number of carbonyl (C=O) groups is 1. The van der Waals surface area contributed by atoms with Crippen LogP contribution in [0.25, 0.3) is 5.69 Å². The van der Waals surface area contributed by atoms with E-state index in [2.05, 4.69) is 5.10 Å². The van der Waals surface area contributed by atoms with Gasteiger partial charge in [0.15, 0.2) is 0 Å². The zero-order valence-corrected chi connectivity index (χ0v) is 8.98. The molecule has 1 aromatic heterocycles. The van der Waals surface area contributed by atoms with E-state index in [1.165, 1.54) is 29.1 Å². The van der Waals surface area contributed by atoms with Crippen molar-refractivity contribution in [1.29, 1.82) is 0 Å². The molecule has 0 atom stereocenters. The van der Waals surface area contributed by atoms with Gasteiger partial charge in [0.1, 0.15) is 0 Å². The van der Waals surface area contributed by atoms with Gasteiger partial charge in [0.05, 0.1) is 11.3 Å². The molecule has 0 saturated carbocycles. The summed E-state index contributed by atoms with van der Waals surface area (Å²) in [7, 11) is 0. The zero-order chi connectivity index (χ0) is 13.2. The molecule has 1 aromatic carbocycles. The SMILES string of the molecule is O=C(NC(F)(F)F)c1ccccc1-n1cccn1. The molecule has 0 aliphatic rings. The zero-order valence-electron chi connectivity index (χ0n) is 8.98. The highest BCUT2D eigenvalue weighted by Crippen LogP contribution is 2.16. The number of para-hydroxylation sites is 1. The Bertz CT molecular complexity index is 549. The average molecular weight is 255 g/mol. The molecule has 0 radical (unpaired) electrons. The van der Waals surface area contributed by atoms with Gasteiger partial charge in [-0.25, -0.2) is 4.68 Å². The Morgan fingerprint density at radius 2 is 1.94 bits per heavy atom. The molecule has 7 heteroatoms. The first-order chi connectivity index (χ1) is 8.47. The molecule has 1 N–H and O–H groups in total. The molecule has 0 aliphatic heterocycles. The van der Waals surface area contributed by atoms with Gasteiger partial charge in [-0.1, -0.05) is 12.1 Å². The quantitative estimate of drug-likeness (QED) is 0.835. The van der Waals surface area contributed by atoms with Crippen molar-refractivity contribution in [2.24, 2.45) is 0 Å². The molecule has 0 bridgehead atoms. The van der Waals surface area contributed by atoms with E-state index in [9.17, 15) is 18.0 Å². The number of halogens is 3. The number of hydrogen-bond acceptors (Lipinski definition) is 2. The Labute approximate surface area is 100 Å². The number of nitrogens with one attached hydrogen (secondary N) is 1. The van der Waals surface area contributed by atoms with Crippen molar-refractivity contribution in [3.05, 3.63) is 48.3 Å². The van der Waals surface area contributed by atoms with Gasteiger partial charge in [-0.05, 0) is 18.2 Å². The lowest BCUT2D eigenvalue weighted by Gasteiger charge is -2.11. The minimum atomic E-state index is -4.76. The Morgan fingerprint density at radius 3 is 2.56 bits per heavy atom. The third-order valence-electron chi connectivity index (χ3n) is 2.16. The number of rotatable bonds is 2. The van der Waals surface area contributed by atoms with Crippen molar-refractivity contribution in [3.8, 4) is 5.69 Å². The van der Waals surface area contributed by atoms with E-state index in [4.69, 9.17) is 0 Å². The lowest BCUT2D eigenvalue weighted by atomic mass is 10.1. The first kappa shape index (κ1) is 12.2. The largest absolute Gasteiger partial charge is 0.484 e. The second-order valence-corrected chi connectivity index (χ2v) is 3.42. The maximum Gasteiger partial charge on any atom is 0.484 e. The van der Waals surface area contributed by atoms with Crippen LogP contribution in [0.1, 0.15) is 10.4 Å². The first-order valence-corrected chi connectivity index (χ1v) is 4.96. The molecule has 1 heterocycles. The van der Waals surface area contributed by atoms with E-state index in [-0.39, 0.29) is 11.3 Å². The number of nitrogens with zero attached hydrogens (tertiary/aromatic N) is 2. The second kappa shape index (κ2) is 4.52. The summed E-state index contributed by atoms with van der Waals surface area (Å²) < 4.78 is 37.7. The van der Waals surface area contributed by atoms with Crippen LogP contribution in [0, 0.1) is 0 Å². The van der Waals surface area contributed by atoms with Gasteiger partial charge in [0.2, 0.25) is 0 Å². The number of aromatic nitrogens is 2. The fourth-order valence-corrected chi connectivity index (χ4v) is 1.47.